The number of aliphatic hydroxyl groups excluding tert-OH is 5. The first-order valence-electron chi connectivity index (χ1n) is 12.0. The van der Waals surface area contributed by atoms with E-state index in [1.54, 1.807) is 0 Å². The molecule has 2 fully saturated rings. The van der Waals surface area contributed by atoms with E-state index in [-0.39, 0.29) is 5.82 Å². The van der Waals surface area contributed by atoms with Gasteiger partial charge in [0.2, 0.25) is 5.91 Å². The second-order valence-electron chi connectivity index (χ2n) is 9.30. The van der Waals surface area contributed by atoms with Crippen LogP contribution in [0.15, 0.2) is 17.1 Å². The lowest BCUT2D eigenvalue weighted by molar-refractivity contribution is -0.273. The largest absolute Gasteiger partial charge is 0.477 e. The van der Waals surface area contributed by atoms with Gasteiger partial charge < -0.3 is 61.8 Å². The number of hydrogen-bond acceptors (Lipinski definition) is 16. The van der Waals surface area contributed by atoms with E-state index in [9.17, 15) is 54.5 Å². The minimum atomic E-state index is -5.44. The van der Waals surface area contributed by atoms with Crippen LogP contribution in [0.25, 0.3) is 0 Å². The third-order valence-corrected chi connectivity index (χ3v) is 7.32. The number of hydrogen-bond donors (Lipinski definition) is 10. The average molecular weight is 613 g/mol. The van der Waals surface area contributed by atoms with Crippen LogP contribution >= 0.6 is 7.82 Å². The number of aromatic nitrogens is 2. The second kappa shape index (κ2) is 13.2. The van der Waals surface area contributed by atoms with E-state index in [1.165, 1.54) is 6.07 Å². The molecule has 0 saturated carbocycles. The highest BCUT2D eigenvalue weighted by Gasteiger charge is 2.57. The summed E-state index contributed by atoms with van der Waals surface area (Å²) in [6.07, 6.45) is -11.9. The van der Waals surface area contributed by atoms with Crippen molar-refractivity contribution in [2.24, 2.45) is 5.73 Å². The van der Waals surface area contributed by atoms with Crippen molar-refractivity contribution in [2.45, 2.75) is 67.5 Å². The number of anilines is 1. The van der Waals surface area contributed by atoms with Crippen molar-refractivity contribution in [3.63, 3.8) is 0 Å². The van der Waals surface area contributed by atoms with Crippen molar-refractivity contribution < 1.29 is 68.2 Å². The van der Waals surface area contributed by atoms with Crippen LogP contribution in [0.3, 0.4) is 0 Å². The highest BCUT2D eigenvalue weighted by atomic mass is 31.2. The molecule has 3 rings (SSSR count). The zero-order valence-electron chi connectivity index (χ0n) is 21.2. The molecular formula is C20H32N5O15P. The molecule has 1 aromatic heterocycles. The Morgan fingerprint density at radius 2 is 1.98 bits per heavy atom. The quantitative estimate of drug-likeness (QED) is 0.0983. The molecule has 232 valence electrons. The van der Waals surface area contributed by atoms with Gasteiger partial charge >= 0.3 is 19.5 Å². The fourth-order valence-electron chi connectivity index (χ4n) is 4.32. The zero-order valence-corrected chi connectivity index (χ0v) is 22.1. The number of phosphoric ester groups is 1. The smallest absolute Gasteiger partial charge is 0.475 e. The molecule has 20 nitrogen and oxygen atoms in total. The number of aliphatic hydroxyl groups is 5. The summed E-state index contributed by atoms with van der Waals surface area (Å²) in [6.45, 7) is -2.31. The number of nitrogens with two attached hydrogens (primary N) is 2. The number of carbonyl (C=O) groups excluding carboxylic acids is 1. The SMILES string of the molecule is NCC(=O)N[C@H]1C(C[C@H](O)CO)O[C@](OP(=O)(O)OC[C@H]2O[C@@H](n3ccc(N)nc3=O)[C@@H](O)C2O)(C(=O)O)C[C@H]1O. The average Bonchev–Trinajstić information content (AvgIpc) is 3.17. The normalized spacial score (nSPS) is 34.1. The summed E-state index contributed by atoms with van der Waals surface area (Å²) in [6, 6.07) is -0.152. The summed E-state index contributed by atoms with van der Waals surface area (Å²) in [5.41, 5.74) is 9.74. The molecule has 0 radical (unpaired) electrons. The van der Waals surface area contributed by atoms with E-state index >= 15 is 0 Å². The van der Waals surface area contributed by atoms with Gasteiger partial charge in [0.05, 0.1) is 44.1 Å². The standard InChI is InChI=1S/C20H32N5O15P/c21-5-13(29)24-14-9(28)4-20(18(32)33,39-10(14)3-8(27)6-26)40-41(35,36)37-7-11-15(30)16(31)17(38-11)25-2-1-12(22)23-19(25)34/h1-2,8-11,14-17,26-28,30-31H,3-7,21H2,(H,24,29)(H,32,33)(H,35,36)(H2,22,23,34)/t8-,9+,10?,11+,14+,15?,16-,17+,20+/m0/s1. The second-order valence-corrected chi connectivity index (χ2v) is 10.7. The summed E-state index contributed by atoms with van der Waals surface area (Å²) >= 11 is 0. The highest BCUT2D eigenvalue weighted by molar-refractivity contribution is 7.47. The summed E-state index contributed by atoms with van der Waals surface area (Å²) < 4.78 is 34.0. The Balaban J connectivity index is 1.76. The van der Waals surface area contributed by atoms with E-state index in [0.29, 0.717) is 0 Å². The van der Waals surface area contributed by atoms with Gasteiger partial charge in [-0.3, -0.25) is 13.9 Å². The van der Waals surface area contributed by atoms with Crippen molar-refractivity contribution in [2.75, 3.05) is 25.5 Å². The Morgan fingerprint density at radius 1 is 1.29 bits per heavy atom. The van der Waals surface area contributed by atoms with Crippen LogP contribution in [0.4, 0.5) is 5.82 Å². The summed E-state index contributed by atoms with van der Waals surface area (Å²) in [5, 5.41) is 62.5. The van der Waals surface area contributed by atoms with Crippen LogP contribution in [-0.4, -0.2) is 125 Å². The van der Waals surface area contributed by atoms with Crippen LogP contribution in [0, 0.1) is 0 Å². The lowest BCUT2D eigenvalue weighted by atomic mass is 9.90. The van der Waals surface area contributed by atoms with Gasteiger partial charge in [0.15, 0.2) is 6.23 Å². The number of aliphatic carboxylic acids is 1. The number of carbonyl (C=O) groups is 2. The predicted molar refractivity (Wildman–Crippen MR) is 130 cm³/mol. The number of nitrogens with one attached hydrogen (secondary N) is 1. The summed E-state index contributed by atoms with van der Waals surface area (Å²) in [5.74, 6) is -5.97. The molecule has 0 bridgehead atoms. The van der Waals surface area contributed by atoms with E-state index in [0.717, 1.165) is 10.8 Å². The number of carboxylic acids is 1. The zero-order chi connectivity index (χ0) is 30.7. The van der Waals surface area contributed by atoms with Crippen molar-refractivity contribution in [1.29, 1.82) is 0 Å². The van der Waals surface area contributed by atoms with Gasteiger partial charge in [-0.05, 0) is 6.07 Å². The Morgan fingerprint density at radius 3 is 2.56 bits per heavy atom. The first-order chi connectivity index (χ1) is 19.1. The van der Waals surface area contributed by atoms with E-state index in [1.807, 2.05) is 0 Å². The maximum atomic E-state index is 12.8. The number of nitrogens with zero attached hydrogens (tertiary/aromatic N) is 2. The molecule has 0 aromatic carbocycles. The van der Waals surface area contributed by atoms with Gasteiger partial charge in [0, 0.05) is 19.0 Å². The first kappa shape index (κ1) is 32.9. The summed E-state index contributed by atoms with van der Waals surface area (Å²) in [7, 11) is -5.44. The predicted octanol–water partition coefficient (Wildman–Crippen LogP) is -5.30. The van der Waals surface area contributed by atoms with Crippen LogP contribution in [0.1, 0.15) is 19.1 Å². The number of carboxylic acid groups (broad SMARTS) is 1. The van der Waals surface area contributed by atoms with Crippen molar-refractivity contribution >= 4 is 25.5 Å². The molecule has 12 N–H and O–H groups in total. The summed E-state index contributed by atoms with van der Waals surface area (Å²) in [4.78, 5) is 49.9. The van der Waals surface area contributed by atoms with Gasteiger partial charge in [0.25, 0.3) is 5.79 Å². The van der Waals surface area contributed by atoms with Crippen LogP contribution in [0.5, 0.6) is 0 Å². The molecule has 2 saturated heterocycles. The van der Waals surface area contributed by atoms with Gasteiger partial charge in [-0.15, -0.1) is 0 Å². The molecule has 2 aliphatic rings. The molecule has 0 aliphatic carbocycles. The molecule has 41 heavy (non-hydrogen) atoms. The third kappa shape index (κ3) is 7.63. The molecule has 0 spiro atoms. The number of amides is 1. The van der Waals surface area contributed by atoms with Gasteiger partial charge in [-0.2, -0.15) is 4.98 Å². The van der Waals surface area contributed by atoms with E-state index in [2.05, 4.69) is 10.3 Å². The Labute approximate surface area is 230 Å². The molecule has 10 atom stereocenters. The molecular weight excluding hydrogens is 581 g/mol. The number of phosphoric acid groups is 1. The maximum Gasteiger partial charge on any atom is 0.475 e. The van der Waals surface area contributed by atoms with Crippen molar-refractivity contribution in [3.8, 4) is 0 Å². The molecule has 3 heterocycles. The molecule has 1 amide bonds. The Kier molecular flexibility index (Phi) is 10.6. The topological polar surface area (TPSA) is 329 Å². The molecule has 21 heteroatoms. The van der Waals surface area contributed by atoms with Gasteiger partial charge in [0.1, 0.15) is 24.1 Å². The van der Waals surface area contributed by atoms with E-state index < -0.39 is 113 Å². The van der Waals surface area contributed by atoms with Crippen molar-refractivity contribution in [3.05, 3.63) is 22.7 Å². The lowest BCUT2D eigenvalue weighted by Gasteiger charge is -2.45. The first-order valence-corrected chi connectivity index (χ1v) is 13.5. The van der Waals surface area contributed by atoms with Crippen LogP contribution in [-0.2, 0) is 32.7 Å². The minimum Gasteiger partial charge on any atom is -0.477 e. The van der Waals surface area contributed by atoms with Crippen molar-refractivity contribution in [1.82, 2.24) is 14.9 Å². The number of ether oxygens (including phenoxy) is 2. The number of rotatable bonds is 12. The fourth-order valence-corrected chi connectivity index (χ4v) is 5.28. The van der Waals surface area contributed by atoms with E-state index in [4.69, 9.17) is 30.0 Å². The molecule has 3 unspecified atom stereocenters. The monoisotopic (exact) mass is 613 g/mol. The molecule has 2 aliphatic heterocycles. The van der Waals surface area contributed by atoms with Crippen LogP contribution < -0.4 is 22.5 Å². The lowest BCUT2D eigenvalue weighted by Crippen LogP contribution is -2.64. The van der Waals surface area contributed by atoms with Gasteiger partial charge in [-0.25, -0.2) is 18.7 Å². The highest BCUT2D eigenvalue weighted by Crippen LogP contribution is 2.51. The molecule has 1 aromatic rings. The Hall–Kier alpha value is -2.59. The fraction of sp³-hybridized carbons (Fsp3) is 0.700. The van der Waals surface area contributed by atoms with Crippen LogP contribution in [0.2, 0.25) is 0 Å². The maximum absolute atomic E-state index is 12.8. The number of nitrogen functional groups attached to an aromatic ring is 1. The van der Waals surface area contributed by atoms with Gasteiger partial charge in [-0.1, -0.05) is 0 Å². The minimum absolute atomic E-state index is 0.124. The Bertz CT molecular complexity index is 1200. The third-order valence-electron chi connectivity index (χ3n) is 6.32.